The summed E-state index contributed by atoms with van der Waals surface area (Å²) in [6.07, 6.45) is 8.71. The molecule has 0 aromatic carbocycles. The Bertz CT molecular complexity index is 667. The van der Waals surface area contributed by atoms with E-state index in [0.29, 0.717) is 17.1 Å². The zero-order chi connectivity index (χ0) is 17.9. The van der Waals surface area contributed by atoms with E-state index in [1.807, 2.05) is 24.8 Å². The summed E-state index contributed by atoms with van der Waals surface area (Å²) in [5.74, 6) is 3.69. The van der Waals surface area contributed by atoms with E-state index in [1.165, 1.54) is 38.5 Å². The minimum absolute atomic E-state index is 0.0729. The molecule has 4 aliphatic carbocycles. The molecule has 1 aromatic rings. The van der Waals surface area contributed by atoms with E-state index in [0.717, 1.165) is 49.6 Å². The van der Waals surface area contributed by atoms with Crippen molar-refractivity contribution in [3.05, 3.63) is 23.3 Å². The number of amides is 1. The van der Waals surface area contributed by atoms with Crippen LogP contribution in [0.25, 0.3) is 0 Å². The van der Waals surface area contributed by atoms with Crippen LogP contribution in [0.5, 0.6) is 0 Å². The second kappa shape index (κ2) is 6.01. The maximum Gasteiger partial charge on any atom is 0.272 e. The van der Waals surface area contributed by atoms with Gasteiger partial charge >= 0.3 is 0 Å². The van der Waals surface area contributed by atoms with Crippen molar-refractivity contribution in [1.29, 1.82) is 0 Å². The highest BCUT2D eigenvalue weighted by atomic mass is 16.2. The molecule has 1 saturated heterocycles. The van der Waals surface area contributed by atoms with E-state index < -0.39 is 0 Å². The van der Waals surface area contributed by atoms with Gasteiger partial charge in [0, 0.05) is 37.4 Å². The molecule has 26 heavy (non-hydrogen) atoms. The quantitative estimate of drug-likeness (QED) is 0.819. The number of carbonyl (C=O) groups excluding carboxylic acids is 1. The lowest BCUT2D eigenvalue weighted by atomic mass is 9.52. The molecule has 5 fully saturated rings. The van der Waals surface area contributed by atoms with Gasteiger partial charge in [0.1, 0.15) is 11.5 Å². The summed E-state index contributed by atoms with van der Waals surface area (Å²) in [6.45, 7) is 7.51. The average Bonchev–Trinajstić information content (AvgIpc) is 2.59. The van der Waals surface area contributed by atoms with Gasteiger partial charge in [-0.25, -0.2) is 9.97 Å². The molecule has 5 nitrogen and oxygen atoms in total. The van der Waals surface area contributed by atoms with Crippen LogP contribution < -0.4 is 0 Å². The SMILES string of the molecule is Cc1cc(C(=O)N2CCN(C34CC5CC(CC(C5)C3)C4)CC2)nc(C)n1. The van der Waals surface area contributed by atoms with E-state index in [4.69, 9.17) is 0 Å². The average molecular weight is 354 g/mol. The molecule has 4 saturated carbocycles. The molecule has 2 heterocycles. The number of aromatic nitrogens is 2. The molecule has 0 radical (unpaired) electrons. The Labute approximate surface area is 156 Å². The second-order valence-electron chi connectivity index (χ2n) is 9.36. The highest BCUT2D eigenvalue weighted by molar-refractivity contribution is 5.92. The first-order valence-corrected chi connectivity index (χ1v) is 10.4. The van der Waals surface area contributed by atoms with Crippen molar-refractivity contribution in [2.45, 2.75) is 57.9 Å². The number of hydrogen-bond acceptors (Lipinski definition) is 4. The Kier molecular flexibility index (Phi) is 3.85. The zero-order valence-corrected chi connectivity index (χ0v) is 16.1. The van der Waals surface area contributed by atoms with Crippen LogP contribution in [0.2, 0.25) is 0 Å². The van der Waals surface area contributed by atoms with Gasteiger partial charge in [-0.05, 0) is 76.2 Å². The summed E-state index contributed by atoms with van der Waals surface area (Å²) in [5.41, 5.74) is 1.89. The Balaban J connectivity index is 1.27. The van der Waals surface area contributed by atoms with E-state index in [2.05, 4.69) is 14.9 Å². The van der Waals surface area contributed by atoms with Crippen LogP contribution in [0.4, 0.5) is 0 Å². The third kappa shape index (κ3) is 2.75. The fourth-order valence-electron chi connectivity index (χ4n) is 6.82. The first-order chi connectivity index (χ1) is 12.5. The van der Waals surface area contributed by atoms with Gasteiger partial charge < -0.3 is 4.90 Å². The predicted molar refractivity (Wildman–Crippen MR) is 99.9 cm³/mol. The van der Waals surface area contributed by atoms with Gasteiger partial charge in [0.15, 0.2) is 0 Å². The lowest BCUT2D eigenvalue weighted by Crippen LogP contribution is -2.64. The maximum absolute atomic E-state index is 12.9. The molecule has 1 aliphatic heterocycles. The van der Waals surface area contributed by atoms with Gasteiger partial charge in [0.2, 0.25) is 0 Å². The summed E-state index contributed by atoms with van der Waals surface area (Å²) >= 11 is 0. The van der Waals surface area contributed by atoms with Gasteiger partial charge in [-0.15, -0.1) is 0 Å². The topological polar surface area (TPSA) is 49.3 Å². The van der Waals surface area contributed by atoms with Crippen molar-refractivity contribution in [2.24, 2.45) is 17.8 Å². The van der Waals surface area contributed by atoms with Gasteiger partial charge in [-0.2, -0.15) is 0 Å². The summed E-state index contributed by atoms with van der Waals surface area (Å²) in [4.78, 5) is 26.3. The molecule has 6 rings (SSSR count). The summed E-state index contributed by atoms with van der Waals surface area (Å²) in [6, 6.07) is 1.82. The van der Waals surface area contributed by atoms with Gasteiger partial charge in [0.25, 0.3) is 5.91 Å². The fourth-order valence-corrected chi connectivity index (χ4v) is 6.82. The van der Waals surface area contributed by atoms with Crippen LogP contribution in [0.15, 0.2) is 6.07 Å². The number of nitrogens with zero attached hydrogens (tertiary/aromatic N) is 4. The monoisotopic (exact) mass is 354 g/mol. The highest BCUT2D eigenvalue weighted by Gasteiger charge is 2.53. The van der Waals surface area contributed by atoms with Crippen molar-refractivity contribution in [3.8, 4) is 0 Å². The first kappa shape index (κ1) is 16.7. The zero-order valence-electron chi connectivity index (χ0n) is 16.1. The predicted octanol–water partition coefficient (Wildman–Crippen LogP) is 2.82. The fraction of sp³-hybridized carbons (Fsp3) is 0.762. The third-order valence-electron chi connectivity index (χ3n) is 7.43. The van der Waals surface area contributed by atoms with Crippen LogP contribution in [-0.4, -0.2) is 57.4 Å². The largest absolute Gasteiger partial charge is 0.335 e. The minimum atomic E-state index is 0.0729. The minimum Gasteiger partial charge on any atom is -0.335 e. The van der Waals surface area contributed by atoms with E-state index in [1.54, 1.807) is 0 Å². The van der Waals surface area contributed by atoms with Crippen LogP contribution in [0.3, 0.4) is 0 Å². The molecule has 5 aliphatic rings. The molecule has 1 aromatic heterocycles. The molecule has 0 N–H and O–H groups in total. The molecule has 5 heteroatoms. The Morgan fingerprint density at radius 2 is 1.54 bits per heavy atom. The molecular formula is C21H30N4O. The highest BCUT2D eigenvalue weighted by Crippen LogP contribution is 2.57. The van der Waals surface area contributed by atoms with Crippen LogP contribution >= 0.6 is 0 Å². The first-order valence-electron chi connectivity index (χ1n) is 10.4. The van der Waals surface area contributed by atoms with Crippen LogP contribution in [-0.2, 0) is 0 Å². The Morgan fingerprint density at radius 1 is 0.962 bits per heavy atom. The molecule has 140 valence electrons. The van der Waals surface area contributed by atoms with Gasteiger partial charge in [-0.3, -0.25) is 9.69 Å². The van der Waals surface area contributed by atoms with Crippen molar-refractivity contribution < 1.29 is 4.79 Å². The summed E-state index contributed by atoms with van der Waals surface area (Å²) in [7, 11) is 0. The van der Waals surface area contributed by atoms with Crippen molar-refractivity contribution >= 4 is 5.91 Å². The summed E-state index contributed by atoms with van der Waals surface area (Å²) in [5, 5.41) is 0. The smallest absolute Gasteiger partial charge is 0.272 e. The van der Waals surface area contributed by atoms with E-state index in [-0.39, 0.29) is 5.91 Å². The number of piperazine rings is 1. The molecule has 0 unspecified atom stereocenters. The molecule has 0 spiro atoms. The molecule has 0 atom stereocenters. The van der Waals surface area contributed by atoms with Gasteiger partial charge in [-0.1, -0.05) is 0 Å². The van der Waals surface area contributed by atoms with Crippen molar-refractivity contribution in [3.63, 3.8) is 0 Å². The Hall–Kier alpha value is -1.49. The maximum atomic E-state index is 12.9. The Morgan fingerprint density at radius 3 is 2.08 bits per heavy atom. The standard InChI is InChI=1S/C21H30N4O/c1-14-7-19(23-15(2)22-14)20(26)24-3-5-25(6-4-24)21-11-16-8-17(12-21)10-18(9-16)13-21/h7,16-18H,3-6,8-13H2,1-2H3. The van der Waals surface area contributed by atoms with Crippen molar-refractivity contribution in [1.82, 2.24) is 19.8 Å². The number of aryl methyl sites for hydroxylation is 2. The van der Waals surface area contributed by atoms with E-state index in [9.17, 15) is 4.79 Å². The lowest BCUT2D eigenvalue weighted by molar-refractivity contribution is -0.0987. The second-order valence-corrected chi connectivity index (χ2v) is 9.36. The van der Waals surface area contributed by atoms with Gasteiger partial charge in [0.05, 0.1) is 0 Å². The summed E-state index contributed by atoms with van der Waals surface area (Å²) < 4.78 is 0. The molecule has 1 amide bonds. The van der Waals surface area contributed by atoms with Crippen molar-refractivity contribution in [2.75, 3.05) is 26.2 Å². The number of hydrogen-bond donors (Lipinski definition) is 0. The molecular weight excluding hydrogens is 324 g/mol. The van der Waals surface area contributed by atoms with E-state index >= 15 is 0 Å². The normalized spacial score (nSPS) is 36.5. The third-order valence-corrected chi connectivity index (χ3v) is 7.43. The lowest BCUT2D eigenvalue weighted by Gasteiger charge is -2.61. The number of rotatable bonds is 2. The van der Waals surface area contributed by atoms with Crippen LogP contribution in [0, 0.1) is 31.6 Å². The molecule has 4 bridgehead atoms. The number of carbonyl (C=O) groups is 1. The van der Waals surface area contributed by atoms with Crippen LogP contribution in [0.1, 0.15) is 60.5 Å².